The van der Waals surface area contributed by atoms with Crippen LogP contribution in [0.25, 0.3) is 15.6 Å². The van der Waals surface area contributed by atoms with E-state index in [0.29, 0.717) is 53.3 Å². The minimum Gasteiger partial charge on any atom is -0.463 e. The fourth-order valence-corrected chi connectivity index (χ4v) is 6.55. The van der Waals surface area contributed by atoms with Crippen molar-refractivity contribution in [1.82, 2.24) is 19.8 Å². The molecular formula is C33H38ClF2N7O2S. The summed E-state index contributed by atoms with van der Waals surface area (Å²) in [7, 11) is 0. The Hall–Kier alpha value is -3.66. The smallest absolute Gasteiger partial charge is 0.318 e. The number of hydrogen-bond donors (Lipinski definition) is 0. The van der Waals surface area contributed by atoms with E-state index in [1.165, 1.54) is 11.0 Å². The molecule has 1 aromatic heterocycles. The van der Waals surface area contributed by atoms with Crippen LogP contribution in [-0.2, 0) is 17.8 Å². The van der Waals surface area contributed by atoms with Gasteiger partial charge in [-0.15, -0.1) is 0 Å². The van der Waals surface area contributed by atoms with Crippen LogP contribution in [0.15, 0.2) is 42.7 Å². The largest absolute Gasteiger partial charge is 0.463 e. The van der Waals surface area contributed by atoms with Gasteiger partial charge in [0.25, 0.3) is 5.91 Å². The zero-order chi connectivity index (χ0) is 36.9. The van der Waals surface area contributed by atoms with Crippen molar-refractivity contribution in [1.29, 1.82) is 0 Å². The van der Waals surface area contributed by atoms with Crippen LogP contribution in [-0.4, -0.2) is 91.5 Å². The molecule has 0 spiro atoms. The van der Waals surface area contributed by atoms with Crippen molar-refractivity contribution in [2.75, 3.05) is 69.6 Å². The number of halogens is 3. The zero-order valence-electron chi connectivity index (χ0n) is 31.0. The quantitative estimate of drug-likeness (QED) is 0.227. The molecule has 1 saturated heterocycles. The van der Waals surface area contributed by atoms with Gasteiger partial charge in [-0.25, -0.2) is 15.4 Å². The van der Waals surface area contributed by atoms with Crippen molar-refractivity contribution in [3.63, 3.8) is 0 Å². The molecule has 2 fully saturated rings. The van der Waals surface area contributed by atoms with Crippen LogP contribution in [0.5, 0.6) is 6.01 Å². The number of nitrogens with zero attached hydrogens (tertiary/aromatic N) is 7. The lowest BCUT2D eigenvalue weighted by atomic mass is 10.0. The van der Waals surface area contributed by atoms with Gasteiger partial charge in [0.1, 0.15) is 17.7 Å². The highest BCUT2D eigenvalue weighted by Crippen LogP contribution is 2.46. The van der Waals surface area contributed by atoms with Crippen molar-refractivity contribution in [2.24, 2.45) is 5.41 Å². The van der Waals surface area contributed by atoms with Crippen LogP contribution in [0.3, 0.4) is 0 Å². The number of piperazine rings is 1. The lowest BCUT2D eigenvalue weighted by Gasteiger charge is -2.41. The second-order valence-corrected chi connectivity index (χ2v) is 12.3. The highest BCUT2D eigenvalue weighted by molar-refractivity contribution is 7.59. The van der Waals surface area contributed by atoms with Crippen molar-refractivity contribution in [3.05, 3.63) is 76.3 Å². The van der Waals surface area contributed by atoms with Gasteiger partial charge in [0.05, 0.1) is 23.9 Å². The summed E-state index contributed by atoms with van der Waals surface area (Å²) >= 11 is 6.47. The number of carbonyl (C=O) groups is 1. The Balaban J connectivity index is 0.00000523. The van der Waals surface area contributed by atoms with Gasteiger partial charge >= 0.3 is 6.01 Å². The summed E-state index contributed by atoms with van der Waals surface area (Å²) in [5.41, 5.74) is 1.40. The standard InChI is InChI=1S/C33H36ClF2N7O2.H2S/c1-21(35)31(44)43-15-14-42(17-23(43)16-37-2)30-24-10-13-41(27-7-5-6-22-8-9-25(36)29(34)28(22)27)18-26(24)38-32(39-30)45-20-33(11-12-33)19-40(3)4;/h5-9,23H,1,10-20H2,3-4H3;1H2/t23-;/m0./s1/i3D3,4D3;. The molecule has 1 aliphatic carbocycles. The van der Waals surface area contributed by atoms with E-state index < -0.39 is 43.0 Å². The van der Waals surface area contributed by atoms with E-state index >= 15 is 0 Å². The number of anilines is 2. The summed E-state index contributed by atoms with van der Waals surface area (Å²) in [6.45, 7) is 5.94. The van der Waals surface area contributed by atoms with E-state index in [0.717, 1.165) is 10.9 Å². The van der Waals surface area contributed by atoms with Gasteiger partial charge in [-0.05, 0) is 50.7 Å². The normalized spacial score (nSPS) is 21.0. The van der Waals surface area contributed by atoms with Gasteiger partial charge in [0, 0.05) is 63.0 Å². The van der Waals surface area contributed by atoms with Crippen LogP contribution in [0.2, 0.25) is 5.02 Å². The number of amides is 1. The first-order valence-electron chi connectivity index (χ1n) is 17.7. The SMILES string of the molecule is S.[2H]C([2H])([2H])N(CC1(COc2nc3c(c(N4CCN(C(=O)C(=C)F)[C@@H](C[N+]#[C-])C4)n2)CCN(c2cccc4ccc(F)c(Cl)c24)C3)CC1)C([2H])([2H])[2H]. The Morgan fingerprint density at radius 1 is 1.24 bits per heavy atom. The molecule has 0 bridgehead atoms. The van der Waals surface area contributed by atoms with Crippen LogP contribution in [0.1, 0.15) is 32.3 Å². The number of aromatic nitrogens is 2. The Kier molecular flexibility index (Phi) is 7.81. The topological polar surface area (TPSA) is 69.4 Å². The maximum absolute atomic E-state index is 14.6. The van der Waals surface area contributed by atoms with Crippen molar-refractivity contribution >= 4 is 53.3 Å². The third kappa shape index (κ3) is 6.73. The Labute approximate surface area is 288 Å². The molecule has 1 saturated carbocycles. The van der Waals surface area contributed by atoms with Crippen molar-refractivity contribution in [3.8, 4) is 6.01 Å². The van der Waals surface area contributed by atoms with E-state index in [9.17, 15) is 13.6 Å². The fourth-order valence-electron chi connectivity index (χ4n) is 6.29. The first-order chi connectivity index (χ1) is 24.0. The molecule has 0 unspecified atom stereocenters. The maximum atomic E-state index is 14.6. The molecule has 6 rings (SSSR count). The third-order valence-electron chi connectivity index (χ3n) is 8.81. The Bertz CT molecular complexity index is 1900. The second kappa shape index (κ2) is 13.6. The van der Waals surface area contributed by atoms with Crippen LogP contribution in [0, 0.1) is 17.8 Å². The van der Waals surface area contributed by atoms with Gasteiger partial charge in [-0.3, -0.25) is 4.79 Å². The minimum atomic E-state index is -2.84. The summed E-state index contributed by atoms with van der Waals surface area (Å²) in [6.07, 6.45) is 1.57. The van der Waals surface area contributed by atoms with Crippen LogP contribution >= 0.6 is 25.1 Å². The Morgan fingerprint density at radius 2 is 2.04 bits per heavy atom. The van der Waals surface area contributed by atoms with Gasteiger partial charge in [-0.2, -0.15) is 23.5 Å². The van der Waals surface area contributed by atoms with E-state index in [4.69, 9.17) is 41.1 Å². The predicted molar refractivity (Wildman–Crippen MR) is 181 cm³/mol. The molecule has 3 heterocycles. The van der Waals surface area contributed by atoms with Crippen molar-refractivity contribution < 1.29 is 26.5 Å². The summed E-state index contributed by atoms with van der Waals surface area (Å²) in [5.74, 6) is -1.99. The van der Waals surface area contributed by atoms with Gasteiger partial charge < -0.3 is 29.2 Å². The molecule has 3 aliphatic rings. The van der Waals surface area contributed by atoms with Crippen molar-refractivity contribution in [2.45, 2.75) is 31.8 Å². The highest BCUT2D eigenvalue weighted by atomic mass is 35.5. The number of fused-ring (bicyclic) bond motifs is 2. The lowest BCUT2D eigenvalue weighted by Crippen LogP contribution is -2.57. The molecule has 0 radical (unpaired) electrons. The van der Waals surface area contributed by atoms with Gasteiger partial charge in [-0.1, -0.05) is 36.4 Å². The van der Waals surface area contributed by atoms with Crippen LogP contribution < -0.4 is 14.5 Å². The van der Waals surface area contributed by atoms with E-state index in [-0.39, 0.29) is 70.4 Å². The third-order valence-corrected chi connectivity index (χ3v) is 9.18. The number of rotatable bonds is 9. The van der Waals surface area contributed by atoms with E-state index in [2.05, 4.69) is 11.4 Å². The van der Waals surface area contributed by atoms with Gasteiger partial charge in [0.15, 0.2) is 5.83 Å². The van der Waals surface area contributed by atoms with Gasteiger partial charge in [0.2, 0.25) is 6.54 Å². The minimum absolute atomic E-state index is 0. The maximum Gasteiger partial charge on any atom is 0.318 e. The molecule has 244 valence electrons. The lowest BCUT2D eigenvalue weighted by molar-refractivity contribution is -0.131. The molecular weight excluding hydrogens is 632 g/mol. The first-order valence-corrected chi connectivity index (χ1v) is 15.0. The molecule has 1 atom stereocenters. The fraction of sp³-hybridized carbons (Fsp3) is 0.455. The molecule has 9 nitrogen and oxygen atoms in total. The predicted octanol–water partition coefficient (Wildman–Crippen LogP) is 5.24. The highest BCUT2D eigenvalue weighted by Gasteiger charge is 2.44. The molecule has 1 amide bonds. The summed E-state index contributed by atoms with van der Waals surface area (Å²) in [6, 6.07) is 7.92. The summed E-state index contributed by atoms with van der Waals surface area (Å²) in [4.78, 5) is 31.4. The number of benzene rings is 2. The van der Waals surface area contributed by atoms with Crippen LogP contribution in [0.4, 0.5) is 20.3 Å². The molecule has 46 heavy (non-hydrogen) atoms. The monoisotopic (exact) mass is 675 g/mol. The van der Waals surface area contributed by atoms with E-state index in [1.54, 1.807) is 6.07 Å². The molecule has 0 N–H and O–H groups in total. The van der Waals surface area contributed by atoms with E-state index in [1.807, 2.05) is 28.0 Å². The first kappa shape index (κ1) is 26.4. The molecule has 2 aromatic carbocycles. The average Bonchev–Trinajstić information content (AvgIpc) is 3.86. The molecule has 2 aliphatic heterocycles. The second-order valence-electron chi connectivity index (χ2n) is 11.9. The summed E-state index contributed by atoms with van der Waals surface area (Å²) < 4.78 is 81.5. The molecule has 3 aromatic rings. The zero-order valence-corrected chi connectivity index (χ0v) is 26.8. The number of carbonyl (C=O) groups excluding carboxylic acids is 1. The Morgan fingerprint density at radius 3 is 2.76 bits per heavy atom. The number of hydrogen-bond acceptors (Lipinski definition) is 7. The molecule has 13 heteroatoms. The number of ether oxygens (including phenoxy) is 1. The average molecular weight is 676 g/mol. The summed E-state index contributed by atoms with van der Waals surface area (Å²) in [5, 5.41) is 1.34.